The Kier molecular flexibility index (Phi) is 3.66. The van der Waals surface area contributed by atoms with Gasteiger partial charge in [0.2, 0.25) is 0 Å². The molecule has 0 radical (unpaired) electrons. The monoisotopic (exact) mass is 222 g/mol. The molecular formula is C12H14O4. The van der Waals surface area contributed by atoms with Crippen molar-refractivity contribution in [3.05, 3.63) is 34.9 Å². The Labute approximate surface area is 93.9 Å². The SMILES string of the molecule is COC(=O)c1ccc(C(C)C(=O)O)cc1C. The van der Waals surface area contributed by atoms with Crippen LogP contribution in [0.15, 0.2) is 18.2 Å². The lowest BCUT2D eigenvalue weighted by molar-refractivity contribution is -0.138. The zero-order valence-corrected chi connectivity index (χ0v) is 9.48. The van der Waals surface area contributed by atoms with E-state index >= 15 is 0 Å². The number of esters is 1. The summed E-state index contributed by atoms with van der Waals surface area (Å²) in [5.41, 5.74) is 1.86. The molecule has 1 atom stereocenters. The van der Waals surface area contributed by atoms with Crippen molar-refractivity contribution in [2.45, 2.75) is 19.8 Å². The Morgan fingerprint density at radius 1 is 1.38 bits per heavy atom. The number of carbonyl (C=O) groups is 2. The summed E-state index contributed by atoms with van der Waals surface area (Å²) in [6, 6.07) is 4.93. The number of hydrogen-bond donors (Lipinski definition) is 1. The van der Waals surface area contributed by atoms with Crippen molar-refractivity contribution in [1.29, 1.82) is 0 Å². The quantitative estimate of drug-likeness (QED) is 0.794. The van der Waals surface area contributed by atoms with Crippen LogP contribution in [0.2, 0.25) is 0 Å². The predicted molar refractivity (Wildman–Crippen MR) is 58.6 cm³/mol. The summed E-state index contributed by atoms with van der Waals surface area (Å²) in [6.45, 7) is 3.36. The third kappa shape index (κ3) is 2.39. The molecule has 0 fully saturated rings. The fraction of sp³-hybridized carbons (Fsp3) is 0.333. The number of aryl methyl sites for hydroxylation is 1. The maximum atomic E-state index is 11.3. The van der Waals surface area contributed by atoms with Gasteiger partial charge in [0.25, 0.3) is 0 Å². The van der Waals surface area contributed by atoms with Crippen LogP contribution in [-0.4, -0.2) is 24.2 Å². The fourth-order valence-corrected chi connectivity index (χ4v) is 1.44. The van der Waals surface area contributed by atoms with Gasteiger partial charge in [0.1, 0.15) is 0 Å². The second-order valence-corrected chi connectivity index (χ2v) is 3.63. The molecule has 0 aliphatic carbocycles. The zero-order chi connectivity index (χ0) is 12.3. The summed E-state index contributed by atoms with van der Waals surface area (Å²) in [5.74, 6) is -1.87. The van der Waals surface area contributed by atoms with E-state index in [1.807, 2.05) is 0 Å². The van der Waals surface area contributed by atoms with Crippen LogP contribution in [0.4, 0.5) is 0 Å². The molecule has 86 valence electrons. The Morgan fingerprint density at radius 3 is 2.44 bits per heavy atom. The van der Waals surface area contributed by atoms with Crippen molar-refractivity contribution in [1.82, 2.24) is 0 Å². The number of carboxylic acids is 1. The largest absolute Gasteiger partial charge is 0.481 e. The van der Waals surface area contributed by atoms with Crippen LogP contribution in [0.3, 0.4) is 0 Å². The molecule has 0 aliphatic heterocycles. The summed E-state index contributed by atoms with van der Waals surface area (Å²) < 4.78 is 4.61. The lowest BCUT2D eigenvalue weighted by Crippen LogP contribution is -2.09. The van der Waals surface area contributed by atoms with Gasteiger partial charge in [0.15, 0.2) is 0 Å². The minimum Gasteiger partial charge on any atom is -0.481 e. The molecule has 1 aromatic carbocycles. The van der Waals surface area contributed by atoms with Crippen molar-refractivity contribution in [3.63, 3.8) is 0 Å². The van der Waals surface area contributed by atoms with Gasteiger partial charge in [0.05, 0.1) is 18.6 Å². The average Bonchev–Trinajstić information content (AvgIpc) is 2.26. The molecule has 4 nitrogen and oxygen atoms in total. The Morgan fingerprint density at radius 2 is 2.00 bits per heavy atom. The van der Waals surface area contributed by atoms with Crippen LogP contribution >= 0.6 is 0 Å². The molecule has 0 aromatic heterocycles. The van der Waals surface area contributed by atoms with Crippen molar-refractivity contribution in [3.8, 4) is 0 Å². The van der Waals surface area contributed by atoms with Crippen LogP contribution in [0.5, 0.6) is 0 Å². The van der Waals surface area contributed by atoms with Gasteiger partial charge in [-0.05, 0) is 31.0 Å². The van der Waals surface area contributed by atoms with Crippen LogP contribution < -0.4 is 0 Å². The number of rotatable bonds is 3. The number of carboxylic acid groups (broad SMARTS) is 1. The molecule has 1 aromatic rings. The highest BCUT2D eigenvalue weighted by Gasteiger charge is 2.16. The summed E-state index contributed by atoms with van der Waals surface area (Å²) in [5, 5.41) is 8.86. The number of benzene rings is 1. The van der Waals surface area contributed by atoms with Gasteiger partial charge < -0.3 is 9.84 Å². The molecular weight excluding hydrogens is 208 g/mol. The average molecular weight is 222 g/mol. The van der Waals surface area contributed by atoms with Gasteiger partial charge in [-0.15, -0.1) is 0 Å². The molecule has 0 amide bonds. The first-order valence-electron chi connectivity index (χ1n) is 4.89. The van der Waals surface area contributed by atoms with E-state index in [0.29, 0.717) is 11.1 Å². The number of ether oxygens (including phenoxy) is 1. The summed E-state index contributed by atoms with van der Waals surface area (Å²) >= 11 is 0. The minimum absolute atomic E-state index is 0.410. The molecule has 4 heteroatoms. The lowest BCUT2D eigenvalue weighted by Gasteiger charge is -2.09. The van der Waals surface area contributed by atoms with Gasteiger partial charge in [-0.3, -0.25) is 4.79 Å². The second kappa shape index (κ2) is 4.79. The predicted octanol–water partition coefficient (Wildman–Crippen LogP) is 1.97. The summed E-state index contributed by atoms with van der Waals surface area (Å²) in [7, 11) is 1.32. The van der Waals surface area contributed by atoms with Crippen molar-refractivity contribution < 1.29 is 19.4 Å². The molecule has 0 saturated carbocycles. The maximum Gasteiger partial charge on any atom is 0.338 e. The maximum absolute atomic E-state index is 11.3. The topological polar surface area (TPSA) is 63.6 Å². The van der Waals surface area contributed by atoms with Gasteiger partial charge >= 0.3 is 11.9 Å². The van der Waals surface area contributed by atoms with E-state index in [1.54, 1.807) is 32.0 Å². The van der Waals surface area contributed by atoms with Crippen molar-refractivity contribution >= 4 is 11.9 Å². The lowest BCUT2D eigenvalue weighted by atomic mass is 9.97. The zero-order valence-electron chi connectivity index (χ0n) is 9.48. The Balaban J connectivity index is 3.08. The van der Waals surface area contributed by atoms with Gasteiger partial charge in [-0.1, -0.05) is 12.1 Å². The first kappa shape index (κ1) is 12.2. The van der Waals surface area contributed by atoms with Crippen LogP contribution in [0, 0.1) is 6.92 Å². The van der Waals surface area contributed by atoms with E-state index in [9.17, 15) is 9.59 Å². The Bertz CT molecular complexity index is 423. The first-order valence-corrected chi connectivity index (χ1v) is 4.89. The highest BCUT2D eigenvalue weighted by atomic mass is 16.5. The highest BCUT2D eigenvalue weighted by Crippen LogP contribution is 2.19. The van der Waals surface area contributed by atoms with Crippen LogP contribution in [-0.2, 0) is 9.53 Å². The van der Waals surface area contributed by atoms with Crippen LogP contribution in [0.1, 0.15) is 34.3 Å². The molecule has 0 saturated heterocycles. The summed E-state index contributed by atoms with van der Waals surface area (Å²) in [6.07, 6.45) is 0. The number of aliphatic carboxylic acids is 1. The minimum atomic E-state index is -0.884. The normalized spacial score (nSPS) is 11.9. The molecule has 1 rings (SSSR count). The third-order valence-electron chi connectivity index (χ3n) is 2.53. The van der Waals surface area contributed by atoms with E-state index in [4.69, 9.17) is 5.11 Å². The van der Waals surface area contributed by atoms with E-state index in [-0.39, 0.29) is 0 Å². The van der Waals surface area contributed by atoms with Gasteiger partial charge in [-0.2, -0.15) is 0 Å². The number of methoxy groups -OCH3 is 1. The van der Waals surface area contributed by atoms with E-state index in [1.165, 1.54) is 7.11 Å². The number of hydrogen-bond acceptors (Lipinski definition) is 3. The first-order chi connectivity index (χ1) is 7.47. The molecule has 0 aliphatic rings. The van der Waals surface area contributed by atoms with E-state index in [0.717, 1.165) is 5.56 Å². The third-order valence-corrected chi connectivity index (χ3v) is 2.53. The number of carbonyl (C=O) groups excluding carboxylic acids is 1. The van der Waals surface area contributed by atoms with Gasteiger partial charge in [-0.25, -0.2) is 4.79 Å². The molecule has 0 heterocycles. The molecule has 1 N–H and O–H groups in total. The molecule has 1 unspecified atom stereocenters. The van der Waals surface area contributed by atoms with E-state index in [2.05, 4.69) is 4.74 Å². The standard InChI is InChI=1S/C12H14O4/c1-7-6-9(8(2)11(13)14)4-5-10(7)12(15)16-3/h4-6,8H,1-3H3,(H,13,14). The van der Waals surface area contributed by atoms with Crippen LogP contribution in [0.25, 0.3) is 0 Å². The van der Waals surface area contributed by atoms with Gasteiger partial charge in [0, 0.05) is 0 Å². The molecule has 0 bridgehead atoms. The highest BCUT2D eigenvalue weighted by molar-refractivity contribution is 5.91. The smallest absolute Gasteiger partial charge is 0.338 e. The van der Waals surface area contributed by atoms with Crippen molar-refractivity contribution in [2.24, 2.45) is 0 Å². The van der Waals surface area contributed by atoms with E-state index < -0.39 is 17.9 Å². The second-order valence-electron chi connectivity index (χ2n) is 3.63. The fourth-order valence-electron chi connectivity index (χ4n) is 1.44. The molecule has 0 spiro atoms. The summed E-state index contributed by atoms with van der Waals surface area (Å²) in [4.78, 5) is 22.1. The molecule has 16 heavy (non-hydrogen) atoms. The van der Waals surface area contributed by atoms with Crippen molar-refractivity contribution in [2.75, 3.05) is 7.11 Å². The Hall–Kier alpha value is -1.84.